The molecular weight excluding hydrogens is 399 g/mol. The number of halogens is 3. The highest BCUT2D eigenvalue weighted by molar-refractivity contribution is 5.91. The lowest BCUT2D eigenvalue weighted by Crippen LogP contribution is -2.43. The number of benzene rings is 2. The number of carbonyl (C=O) groups excluding carboxylic acids is 1. The minimum atomic E-state index is -4.47. The Bertz CT molecular complexity index is 1190. The molecule has 1 amide bonds. The predicted molar refractivity (Wildman–Crippen MR) is 108 cm³/mol. The van der Waals surface area contributed by atoms with Gasteiger partial charge in [0.25, 0.3) is 5.56 Å². The SMILES string of the molecule is CCC(C)n1c(=O)c2ccccc2n(CC(=O)Nc2ccc(C(F)(F)F)cc2)c1=O. The zero-order valence-corrected chi connectivity index (χ0v) is 16.4. The van der Waals surface area contributed by atoms with Crippen LogP contribution in [0.25, 0.3) is 10.9 Å². The largest absolute Gasteiger partial charge is 0.416 e. The molecule has 3 rings (SSSR count). The molecule has 9 heteroatoms. The van der Waals surface area contributed by atoms with E-state index >= 15 is 0 Å². The average molecular weight is 419 g/mol. The summed E-state index contributed by atoms with van der Waals surface area (Å²) >= 11 is 0. The molecule has 1 N–H and O–H groups in total. The zero-order chi connectivity index (χ0) is 22.1. The van der Waals surface area contributed by atoms with Crippen LogP contribution in [0.3, 0.4) is 0 Å². The number of hydrogen-bond donors (Lipinski definition) is 1. The first-order valence-corrected chi connectivity index (χ1v) is 9.34. The Morgan fingerprint density at radius 1 is 1.07 bits per heavy atom. The average Bonchev–Trinajstić information content (AvgIpc) is 2.70. The van der Waals surface area contributed by atoms with E-state index in [0.29, 0.717) is 17.3 Å². The molecule has 0 radical (unpaired) electrons. The third kappa shape index (κ3) is 4.14. The van der Waals surface area contributed by atoms with Crippen molar-refractivity contribution in [2.75, 3.05) is 5.32 Å². The van der Waals surface area contributed by atoms with Crippen LogP contribution in [0.1, 0.15) is 31.9 Å². The van der Waals surface area contributed by atoms with Gasteiger partial charge in [0.05, 0.1) is 16.5 Å². The molecule has 0 saturated carbocycles. The molecule has 0 aliphatic carbocycles. The minimum absolute atomic E-state index is 0.167. The van der Waals surface area contributed by atoms with Crippen molar-refractivity contribution in [1.29, 1.82) is 0 Å². The van der Waals surface area contributed by atoms with E-state index in [0.717, 1.165) is 28.8 Å². The highest BCUT2D eigenvalue weighted by atomic mass is 19.4. The van der Waals surface area contributed by atoms with Crippen molar-refractivity contribution < 1.29 is 18.0 Å². The van der Waals surface area contributed by atoms with Gasteiger partial charge in [-0.15, -0.1) is 0 Å². The van der Waals surface area contributed by atoms with Crippen LogP contribution in [-0.2, 0) is 17.5 Å². The van der Waals surface area contributed by atoms with E-state index < -0.39 is 35.4 Å². The number of nitrogens with one attached hydrogen (secondary N) is 1. The molecule has 1 heterocycles. The van der Waals surface area contributed by atoms with E-state index in [2.05, 4.69) is 5.32 Å². The number of hydrogen-bond acceptors (Lipinski definition) is 3. The van der Waals surface area contributed by atoms with Crippen LogP contribution < -0.4 is 16.6 Å². The van der Waals surface area contributed by atoms with Gasteiger partial charge < -0.3 is 5.32 Å². The van der Waals surface area contributed by atoms with Crippen LogP contribution in [0, 0.1) is 0 Å². The standard InChI is InChI=1S/C21H20F3N3O3/c1-3-13(2)27-19(29)16-6-4-5-7-17(16)26(20(27)30)12-18(28)25-15-10-8-14(9-11-15)21(22,23)24/h4-11,13H,3,12H2,1-2H3,(H,25,28). The molecule has 30 heavy (non-hydrogen) atoms. The van der Waals surface area contributed by atoms with Crippen LogP contribution in [0.15, 0.2) is 58.1 Å². The number of nitrogens with zero attached hydrogens (tertiary/aromatic N) is 2. The van der Waals surface area contributed by atoms with E-state index in [4.69, 9.17) is 0 Å². The van der Waals surface area contributed by atoms with Gasteiger partial charge in [-0.05, 0) is 49.7 Å². The first-order valence-electron chi connectivity index (χ1n) is 9.34. The minimum Gasteiger partial charge on any atom is -0.325 e. The molecule has 0 aliphatic rings. The molecule has 158 valence electrons. The smallest absolute Gasteiger partial charge is 0.325 e. The fourth-order valence-electron chi connectivity index (χ4n) is 3.15. The van der Waals surface area contributed by atoms with Crippen molar-refractivity contribution in [2.45, 2.75) is 39.0 Å². The quantitative estimate of drug-likeness (QED) is 0.684. The molecule has 2 aromatic carbocycles. The Labute approximate surface area is 169 Å². The van der Waals surface area contributed by atoms with Crippen molar-refractivity contribution in [3.05, 3.63) is 74.9 Å². The summed E-state index contributed by atoms with van der Waals surface area (Å²) in [4.78, 5) is 38.2. The van der Waals surface area contributed by atoms with E-state index in [1.807, 2.05) is 6.92 Å². The summed E-state index contributed by atoms with van der Waals surface area (Å²) in [5.74, 6) is -0.601. The van der Waals surface area contributed by atoms with Crippen molar-refractivity contribution in [3.8, 4) is 0 Å². The number of amides is 1. The zero-order valence-electron chi connectivity index (χ0n) is 16.4. The van der Waals surface area contributed by atoms with Gasteiger partial charge in [0, 0.05) is 11.7 Å². The molecule has 6 nitrogen and oxygen atoms in total. The summed E-state index contributed by atoms with van der Waals surface area (Å²) in [5, 5.41) is 2.79. The number of rotatable bonds is 5. The van der Waals surface area contributed by atoms with Gasteiger partial charge in [0.1, 0.15) is 6.54 Å². The third-order valence-electron chi connectivity index (χ3n) is 4.91. The van der Waals surface area contributed by atoms with E-state index in [1.165, 1.54) is 4.57 Å². The molecule has 0 spiro atoms. The molecule has 0 saturated heterocycles. The van der Waals surface area contributed by atoms with Gasteiger partial charge in [-0.25, -0.2) is 4.79 Å². The number of carbonyl (C=O) groups is 1. The van der Waals surface area contributed by atoms with E-state index in [9.17, 15) is 27.6 Å². The Kier molecular flexibility index (Phi) is 5.82. The second-order valence-electron chi connectivity index (χ2n) is 6.94. The van der Waals surface area contributed by atoms with Gasteiger partial charge in [0.15, 0.2) is 0 Å². The second kappa shape index (κ2) is 8.17. The van der Waals surface area contributed by atoms with Crippen LogP contribution in [0.4, 0.5) is 18.9 Å². The molecular formula is C21H20F3N3O3. The Morgan fingerprint density at radius 3 is 2.30 bits per heavy atom. The van der Waals surface area contributed by atoms with Gasteiger partial charge in [-0.2, -0.15) is 13.2 Å². The fourth-order valence-corrected chi connectivity index (χ4v) is 3.15. The Balaban J connectivity index is 1.96. The fraction of sp³-hybridized carbons (Fsp3) is 0.286. The van der Waals surface area contributed by atoms with Gasteiger partial charge >= 0.3 is 11.9 Å². The van der Waals surface area contributed by atoms with Gasteiger partial charge in [-0.1, -0.05) is 19.1 Å². The van der Waals surface area contributed by atoms with Crippen molar-refractivity contribution in [1.82, 2.24) is 9.13 Å². The first kappa shape index (κ1) is 21.4. The summed E-state index contributed by atoms with van der Waals surface area (Å²) in [5.41, 5.74) is -1.39. The summed E-state index contributed by atoms with van der Waals surface area (Å²) in [6.07, 6.45) is -3.93. The van der Waals surface area contributed by atoms with E-state index in [-0.39, 0.29) is 11.7 Å². The summed E-state index contributed by atoms with van der Waals surface area (Å²) in [6.45, 7) is 3.19. The lowest BCUT2D eigenvalue weighted by Gasteiger charge is -2.17. The lowest BCUT2D eigenvalue weighted by molar-refractivity contribution is -0.137. The molecule has 0 fully saturated rings. The van der Waals surface area contributed by atoms with Crippen molar-refractivity contribution >= 4 is 22.5 Å². The predicted octanol–water partition coefficient (Wildman–Crippen LogP) is 3.79. The number of para-hydroxylation sites is 1. The maximum Gasteiger partial charge on any atom is 0.416 e. The maximum absolute atomic E-state index is 13.0. The molecule has 0 aliphatic heterocycles. The molecule has 1 aromatic heterocycles. The lowest BCUT2D eigenvalue weighted by atomic mass is 10.2. The summed E-state index contributed by atoms with van der Waals surface area (Å²) < 4.78 is 40.3. The summed E-state index contributed by atoms with van der Waals surface area (Å²) in [7, 11) is 0. The van der Waals surface area contributed by atoms with Crippen molar-refractivity contribution in [3.63, 3.8) is 0 Å². The van der Waals surface area contributed by atoms with Gasteiger partial charge in [-0.3, -0.25) is 18.7 Å². The van der Waals surface area contributed by atoms with Crippen LogP contribution in [0.2, 0.25) is 0 Å². The van der Waals surface area contributed by atoms with Crippen LogP contribution >= 0.6 is 0 Å². The van der Waals surface area contributed by atoms with Crippen LogP contribution in [-0.4, -0.2) is 15.0 Å². The highest BCUT2D eigenvalue weighted by Gasteiger charge is 2.30. The Hall–Kier alpha value is -3.36. The van der Waals surface area contributed by atoms with E-state index in [1.54, 1.807) is 31.2 Å². The van der Waals surface area contributed by atoms with Gasteiger partial charge in [0.2, 0.25) is 5.91 Å². The van der Waals surface area contributed by atoms with Crippen LogP contribution in [0.5, 0.6) is 0 Å². The number of anilines is 1. The number of aromatic nitrogens is 2. The molecule has 1 atom stereocenters. The number of fused-ring (bicyclic) bond motifs is 1. The molecule has 3 aromatic rings. The first-order chi connectivity index (χ1) is 14.1. The highest BCUT2D eigenvalue weighted by Crippen LogP contribution is 2.29. The maximum atomic E-state index is 13.0. The third-order valence-corrected chi connectivity index (χ3v) is 4.91. The molecule has 0 bridgehead atoms. The number of alkyl halides is 3. The second-order valence-corrected chi connectivity index (χ2v) is 6.94. The Morgan fingerprint density at radius 2 is 1.70 bits per heavy atom. The summed E-state index contributed by atoms with van der Waals surface area (Å²) in [6, 6.07) is 10.1. The van der Waals surface area contributed by atoms with Crippen molar-refractivity contribution in [2.24, 2.45) is 0 Å². The monoisotopic (exact) mass is 419 g/mol. The molecule has 1 unspecified atom stereocenters. The topological polar surface area (TPSA) is 73.1 Å². The normalized spacial score (nSPS) is 12.7.